The zero-order chi connectivity index (χ0) is 16.9. The zero-order valence-corrected chi connectivity index (χ0v) is 13.8. The number of carbonyl (C=O) groups excluding carboxylic acids is 1. The Balaban J connectivity index is 1.70. The topological polar surface area (TPSA) is 66.9 Å². The van der Waals surface area contributed by atoms with Crippen LogP contribution in [0.25, 0.3) is 0 Å². The summed E-state index contributed by atoms with van der Waals surface area (Å²) in [6, 6.07) is 14.2. The van der Waals surface area contributed by atoms with Crippen molar-refractivity contribution in [2.24, 2.45) is 0 Å². The Morgan fingerprint density at radius 3 is 2.42 bits per heavy atom. The molecular weight excluding hydrogens is 347 g/mol. The summed E-state index contributed by atoms with van der Waals surface area (Å²) in [6.45, 7) is 0. The van der Waals surface area contributed by atoms with Crippen molar-refractivity contribution in [3.8, 4) is 0 Å². The van der Waals surface area contributed by atoms with Crippen molar-refractivity contribution >= 4 is 46.4 Å². The van der Waals surface area contributed by atoms with Crippen molar-refractivity contribution in [2.75, 3.05) is 10.6 Å². The van der Waals surface area contributed by atoms with Crippen molar-refractivity contribution < 1.29 is 4.79 Å². The fourth-order valence-electron chi connectivity index (χ4n) is 1.96. The molecule has 7 heteroatoms. The van der Waals surface area contributed by atoms with E-state index in [-0.39, 0.29) is 5.91 Å². The van der Waals surface area contributed by atoms with E-state index in [9.17, 15) is 4.79 Å². The van der Waals surface area contributed by atoms with Gasteiger partial charge in [-0.25, -0.2) is 9.97 Å². The van der Waals surface area contributed by atoms with Gasteiger partial charge in [0.25, 0.3) is 5.91 Å². The lowest BCUT2D eigenvalue weighted by Gasteiger charge is -2.08. The average molecular weight is 359 g/mol. The standard InChI is InChI=1S/C17H12Cl2N4O/c18-12-4-3-5-13(8-12)22-17-20-9-11(10-21-17)16(24)23-15-7-2-1-6-14(15)19/h1-10H,(H,23,24)(H,20,21,22). The van der Waals surface area contributed by atoms with Gasteiger partial charge < -0.3 is 10.6 Å². The lowest BCUT2D eigenvalue weighted by atomic mass is 10.3. The van der Waals surface area contributed by atoms with Crippen molar-refractivity contribution in [3.05, 3.63) is 76.5 Å². The van der Waals surface area contributed by atoms with Crippen molar-refractivity contribution in [2.45, 2.75) is 0 Å². The minimum atomic E-state index is -0.336. The molecule has 5 nitrogen and oxygen atoms in total. The Kier molecular flexibility index (Phi) is 4.93. The molecular formula is C17H12Cl2N4O. The van der Waals surface area contributed by atoms with E-state index in [0.717, 1.165) is 5.69 Å². The molecule has 0 saturated heterocycles. The first-order valence-corrected chi connectivity index (χ1v) is 7.78. The molecule has 0 fully saturated rings. The van der Waals surface area contributed by atoms with E-state index in [4.69, 9.17) is 23.2 Å². The second-order valence-electron chi connectivity index (χ2n) is 4.86. The molecule has 0 spiro atoms. The summed E-state index contributed by atoms with van der Waals surface area (Å²) < 4.78 is 0. The highest BCUT2D eigenvalue weighted by atomic mass is 35.5. The number of halogens is 2. The summed E-state index contributed by atoms with van der Waals surface area (Å²) in [5, 5.41) is 6.80. The zero-order valence-electron chi connectivity index (χ0n) is 12.3. The van der Waals surface area contributed by atoms with Crippen LogP contribution in [-0.4, -0.2) is 15.9 Å². The molecule has 0 aliphatic rings. The summed E-state index contributed by atoms with van der Waals surface area (Å²) in [6.07, 6.45) is 2.87. The molecule has 2 N–H and O–H groups in total. The average Bonchev–Trinajstić information content (AvgIpc) is 2.57. The van der Waals surface area contributed by atoms with Gasteiger partial charge in [0, 0.05) is 23.1 Å². The number of nitrogens with one attached hydrogen (secondary N) is 2. The third kappa shape index (κ3) is 4.01. The Morgan fingerprint density at radius 2 is 1.71 bits per heavy atom. The van der Waals surface area contributed by atoms with Crippen LogP contribution in [0.4, 0.5) is 17.3 Å². The fourth-order valence-corrected chi connectivity index (χ4v) is 2.34. The van der Waals surface area contributed by atoms with Crippen LogP contribution in [-0.2, 0) is 0 Å². The second kappa shape index (κ2) is 7.29. The van der Waals surface area contributed by atoms with E-state index in [1.807, 2.05) is 12.1 Å². The molecule has 0 radical (unpaired) electrons. The third-order valence-corrected chi connectivity index (χ3v) is 3.68. The van der Waals surface area contributed by atoms with Crippen LogP contribution in [0, 0.1) is 0 Å². The molecule has 3 rings (SSSR count). The van der Waals surface area contributed by atoms with Gasteiger partial charge in [-0.15, -0.1) is 0 Å². The van der Waals surface area contributed by atoms with Crippen molar-refractivity contribution in [1.29, 1.82) is 0 Å². The van der Waals surface area contributed by atoms with Crippen LogP contribution in [0.3, 0.4) is 0 Å². The highest BCUT2D eigenvalue weighted by Crippen LogP contribution is 2.21. The quantitative estimate of drug-likeness (QED) is 0.704. The molecule has 3 aromatic rings. The largest absolute Gasteiger partial charge is 0.324 e. The van der Waals surface area contributed by atoms with Gasteiger partial charge in [-0.2, -0.15) is 0 Å². The molecule has 0 aliphatic heterocycles. The number of amides is 1. The number of benzene rings is 2. The molecule has 0 aliphatic carbocycles. The van der Waals surface area contributed by atoms with Gasteiger partial charge in [0.1, 0.15) is 0 Å². The van der Waals surface area contributed by atoms with Crippen molar-refractivity contribution in [3.63, 3.8) is 0 Å². The second-order valence-corrected chi connectivity index (χ2v) is 5.71. The maximum absolute atomic E-state index is 12.2. The number of rotatable bonds is 4. The predicted octanol–water partition coefficient (Wildman–Crippen LogP) is 4.78. The molecule has 1 aromatic heterocycles. The summed E-state index contributed by atoms with van der Waals surface area (Å²) in [7, 11) is 0. The maximum atomic E-state index is 12.2. The number of hydrogen-bond acceptors (Lipinski definition) is 4. The first kappa shape index (κ1) is 16.2. The molecule has 1 amide bonds. The Bertz CT molecular complexity index is 868. The minimum Gasteiger partial charge on any atom is -0.324 e. The third-order valence-electron chi connectivity index (χ3n) is 3.12. The van der Waals surface area contributed by atoms with E-state index >= 15 is 0 Å². The normalized spacial score (nSPS) is 10.2. The van der Waals surface area contributed by atoms with Gasteiger partial charge in [-0.3, -0.25) is 4.79 Å². The number of nitrogens with zero attached hydrogens (tertiary/aromatic N) is 2. The molecule has 0 atom stereocenters. The molecule has 2 aromatic carbocycles. The van der Waals surface area contributed by atoms with E-state index in [0.29, 0.717) is 27.2 Å². The van der Waals surface area contributed by atoms with Crippen LogP contribution in [0.1, 0.15) is 10.4 Å². The van der Waals surface area contributed by atoms with Gasteiger partial charge in [0.2, 0.25) is 5.95 Å². The summed E-state index contributed by atoms with van der Waals surface area (Å²) in [5.74, 6) is 0.0314. The molecule has 120 valence electrons. The first-order valence-electron chi connectivity index (χ1n) is 7.02. The lowest BCUT2D eigenvalue weighted by Crippen LogP contribution is -2.13. The van der Waals surface area contributed by atoms with Gasteiger partial charge in [-0.05, 0) is 30.3 Å². The number of anilines is 3. The van der Waals surface area contributed by atoms with E-state index < -0.39 is 0 Å². The molecule has 0 saturated carbocycles. The minimum absolute atomic E-state index is 0.326. The lowest BCUT2D eigenvalue weighted by molar-refractivity contribution is 0.102. The van der Waals surface area contributed by atoms with E-state index in [1.54, 1.807) is 36.4 Å². The first-order chi connectivity index (χ1) is 11.6. The van der Waals surface area contributed by atoms with Gasteiger partial charge in [0.05, 0.1) is 16.3 Å². The highest BCUT2D eigenvalue weighted by molar-refractivity contribution is 6.33. The monoisotopic (exact) mass is 358 g/mol. The maximum Gasteiger partial charge on any atom is 0.258 e. The SMILES string of the molecule is O=C(Nc1ccccc1Cl)c1cnc(Nc2cccc(Cl)c2)nc1. The van der Waals surface area contributed by atoms with Gasteiger partial charge in [0.15, 0.2) is 0 Å². The summed E-state index contributed by atoms with van der Waals surface area (Å²) in [5.41, 5.74) is 1.62. The number of aromatic nitrogens is 2. The van der Waals surface area contributed by atoms with Crippen LogP contribution in [0.5, 0.6) is 0 Å². The van der Waals surface area contributed by atoms with E-state index in [1.165, 1.54) is 12.4 Å². The van der Waals surface area contributed by atoms with Crippen LogP contribution in [0.2, 0.25) is 10.0 Å². The number of hydrogen-bond donors (Lipinski definition) is 2. The Morgan fingerprint density at radius 1 is 0.958 bits per heavy atom. The van der Waals surface area contributed by atoms with Crippen molar-refractivity contribution in [1.82, 2.24) is 9.97 Å². The highest BCUT2D eigenvalue weighted by Gasteiger charge is 2.09. The molecule has 1 heterocycles. The van der Waals surface area contributed by atoms with E-state index in [2.05, 4.69) is 20.6 Å². The van der Waals surface area contributed by atoms with Crippen LogP contribution >= 0.6 is 23.2 Å². The molecule has 24 heavy (non-hydrogen) atoms. The number of carbonyl (C=O) groups is 1. The Labute approximate surface area is 148 Å². The Hall–Kier alpha value is -2.63. The predicted molar refractivity (Wildman–Crippen MR) is 96.2 cm³/mol. The molecule has 0 bridgehead atoms. The summed E-state index contributed by atoms with van der Waals surface area (Å²) >= 11 is 11.9. The molecule has 0 unspecified atom stereocenters. The van der Waals surface area contributed by atoms with Gasteiger partial charge in [-0.1, -0.05) is 41.4 Å². The van der Waals surface area contributed by atoms with Crippen LogP contribution in [0.15, 0.2) is 60.9 Å². The number of para-hydroxylation sites is 1. The van der Waals surface area contributed by atoms with Crippen LogP contribution < -0.4 is 10.6 Å². The summed E-state index contributed by atoms with van der Waals surface area (Å²) in [4.78, 5) is 20.5. The smallest absolute Gasteiger partial charge is 0.258 e. The fraction of sp³-hybridized carbons (Fsp3) is 0. The van der Waals surface area contributed by atoms with Gasteiger partial charge >= 0.3 is 0 Å².